The molecule has 6 nitrogen and oxygen atoms in total. The number of amides is 2. The summed E-state index contributed by atoms with van der Waals surface area (Å²) < 4.78 is 0. The van der Waals surface area contributed by atoms with Gasteiger partial charge in [-0.05, 0) is 12.5 Å². The highest BCUT2D eigenvalue weighted by molar-refractivity contribution is 5.99. The summed E-state index contributed by atoms with van der Waals surface area (Å²) in [7, 11) is 0. The van der Waals surface area contributed by atoms with Gasteiger partial charge in [-0.2, -0.15) is 0 Å². The van der Waals surface area contributed by atoms with Gasteiger partial charge in [0.2, 0.25) is 0 Å². The minimum Gasteiger partial charge on any atom is -0.478 e. The van der Waals surface area contributed by atoms with Gasteiger partial charge >= 0.3 is 12.0 Å². The van der Waals surface area contributed by atoms with E-state index in [2.05, 4.69) is 15.6 Å². The number of nitrogens with one attached hydrogen (secondary N) is 2. The van der Waals surface area contributed by atoms with Gasteiger partial charge in [0.25, 0.3) is 0 Å². The van der Waals surface area contributed by atoms with E-state index < -0.39 is 12.0 Å². The largest absolute Gasteiger partial charge is 0.478 e. The third-order valence-corrected chi connectivity index (χ3v) is 2.12. The second kappa shape index (κ2) is 6.47. The van der Waals surface area contributed by atoms with Crippen LogP contribution in [0.3, 0.4) is 0 Å². The van der Waals surface area contributed by atoms with Gasteiger partial charge in [0.05, 0.1) is 17.4 Å². The van der Waals surface area contributed by atoms with Crippen molar-refractivity contribution >= 4 is 17.7 Å². The zero-order chi connectivity index (χ0) is 12.7. The average molecular weight is 237 g/mol. The van der Waals surface area contributed by atoms with Gasteiger partial charge in [-0.15, -0.1) is 0 Å². The molecular formula is C11H15N3O3. The Kier molecular flexibility index (Phi) is 4.93. The predicted molar refractivity (Wildman–Crippen MR) is 63.1 cm³/mol. The first-order valence-corrected chi connectivity index (χ1v) is 5.37. The molecule has 17 heavy (non-hydrogen) atoms. The van der Waals surface area contributed by atoms with E-state index in [0.29, 0.717) is 6.54 Å². The highest BCUT2D eigenvalue weighted by Gasteiger charge is 2.11. The summed E-state index contributed by atoms with van der Waals surface area (Å²) in [5.74, 6) is -1.10. The Morgan fingerprint density at radius 2 is 2.24 bits per heavy atom. The molecule has 6 heteroatoms. The maximum absolute atomic E-state index is 11.4. The molecule has 92 valence electrons. The van der Waals surface area contributed by atoms with Crippen molar-refractivity contribution in [1.82, 2.24) is 10.3 Å². The Balaban J connectivity index is 2.61. The quantitative estimate of drug-likeness (QED) is 0.680. The van der Waals surface area contributed by atoms with Gasteiger partial charge in [-0.1, -0.05) is 13.3 Å². The number of carbonyl (C=O) groups is 2. The number of anilines is 1. The second-order valence-corrected chi connectivity index (χ2v) is 3.46. The Morgan fingerprint density at radius 1 is 1.47 bits per heavy atom. The van der Waals surface area contributed by atoms with Crippen molar-refractivity contribution in [2.24, 2.45) is 0 Å². The summed E-state index contributed by atoms with van der Waals surface area (Å²) in [6, 6.07) is 0.915. The second-order valence-electron chi connectivity index (χ2n) is 3.46. The molecule has 3 N–H and O–H groups in total. The van der Waals surface area contributed by atoms with Crippen molar-refractivity contribution in [3.8, 4) is 0 Å². The number of pyridine rings is 1. The molecule has 0 aliphatic carbocycles. The van der Waals surface area contributed by atoms with Gasteiger partial charge in [0.1, 0.15) is 0 Å². The minimum atomic E-state index is -1.10. The lowest BCUT2D eigenvalue weighted by Gasteiger charge is -2.08. The van der Waals surface area contributed by atoms with E-state index in [1.807, 2.05) is 6.92 Å². The summed E-state index contributed by atoms with van der Waals surface area (Å²) in [5, 5.41) is 14.0. The lowest BCUT2D eigenvalue weighted by Crippen LogP contribution is -2.30. The van der Waals surface area contributed by atoms with Crippen LogP contribution in [0.5, 0.6) is 0 Å². The third kappa shape index (κ3) is 4.10. The Hall–Kier alpha value is -2.11. The zero-order valence-corrected chi connectivity index (χ0v) is 9.56. The Labute approximate surface area is 99.1 Å². The fraction of sp³-hybridized carbons (Fsp3) is 0.364. The first-order chi connectivity index (χ1) is 8.15. The number of carbonyl (C=O) groups excluding carboxylic acids is 1. The van der Waals surface area contributed by atoms with Crippen LogP contribution < -0.4 is 10.6 Å². The van der Waals surface area contributed by atoms with E-state index in [9.17, 15) is 9.59 Å². The highest BCUT2D eigenvalue weighted by Crippen LogP contribution is 2.12. The van der Waals surface area contributed by atoms with E-state index in [-0.39, 0.29) is 11.3 Å². The topological polar surface area (TPSA) is 91.3 Å². The van der Waals surface area contributed by atoms with E-state index in [0.717, 1.165) is 12.8 Å². The molecule has 0 saturated heterocycles. The van der Waals surface area contributed by atoms with E-state index in [4.69, 9.17) is 5.11 Å². The molecule has 0 spiro atoms. The molecule has 0 aliphatic rings. The molecule has 0 aliphatic heterocycles. The molecule has 0 atom stereocenters. The molecule has 1 heterocycles. The normalized spacial score (nSPS) is 9.71. The summed E-state index contributed by atoms with van der Waals surface area (Å²) in [4.78, 5) is 26.1. The van der Waals surface area contributed by atoms with Crippen LogP contribution in [-0.4, -0.2) is 28.6 Å². The van der Waals surface area contributed by atoms with Gasteiger partial charge in [0.15, 0.2) is 0 Å². The number of aromatic carboxylic acids is 1. The molecule has 0 bridgehead atoms. The molecular weight excluding hydrogens is 222 g/mol. The maximum Gasteiger partial charge on any atom is 0.337 e. The fourth-order valence-corrected chi connectivity index (χ4v) is 1.23. The molecule has 0 unspecified atom stereocenters. The van der Waals surface area contributed by atoms with Gasteiger partial charge in [0, 0.05) is 12.7 Å². The van der Waals surface area contributed by atoms with Gasteiger partial charge < -0.3 is 15.7 Å². The van der Waals surface area contributed by atoms with E-state index in [1.54, 1.807) is 0 Å². The fourth-order valence-electron chi connectivity index (χ4n) is 1.23. The first kappa shape index (κ1) is 13.0. The van der Waals surface area contributed by atoms with Gasteiger partial charge in [-0.3, -0.25) is 4.98 Å². The van der Waals surface area contributed by atoms with Crippen LogP contribution in [0.1, 0.15) is 30.1 Å². The standard InChI is InChI=1S/C11H15N3O3/c1-2-3-5-13-11(17)14-9-7-12-6-4-8(9)10(15)16/h4,6-7H,2-3,5H2,1H3,(H,15,16)(H2,13,14,17). The zero-order valence-electron chi connectivity index (χ0n) is 9.56. The SMILES string of the molecule is CCCCNC(=O)Nc1cnccc1C(=O)O. The maximum atomic E-state index is 11.4. The van der Waals surface area contributed by atoms with Crippen molar-refractivity contribution in [2.75, 3.05) is 11.9 Å². The number of carboxylic acid groups (broad SMARTS) is 1. The predicted octanol–water partition coefficient (Wildman–Crippen LogP) is 1.70. The number of carboxylic acids is 1. The van der Waals surface area contributed by atoms with E-state index >= 15 is 0 Å². The molecule has 2 amide bonds. The van der Waals surface area contributed by atoms with Crippen LogP contribution in [0.2, 0.25) is 0 Å². The van der Waals surface area contributed by atoms with Crippen LogP contribution >= 0.6 is 0 Å². The molecule has 1 rings (SSSR count). The molecule has 1 aromatic heterocycles. The van der Waals surface area contributed by atoms with Crippen LogP contribution in [0.25, 0.3) is 0 Å². The number of nitrogens with zero attached hydrogens (tertiary/aromatic N) is 1. The van der Waals surface area contributed by atoms with Crippen LogP contribution in [0.4, 0.5) is 10.5 Å². The smallest absolute Gasteiger partial charge is 0.337 e. The van der Waals surface area contributed by atoms with Crippen molar-refractivity contribution in [2.45, 2.75) is 19.8 Å². The van der Waals surface area contributed by atoms with E-state index in [1.165, 1.54) is 18.5 Å². The molecule has 1 aromatic rings. The van der Waals surface area contributed by atoms with Crippen molar-refractivity contribution in [3.05, 3.63) is 24.0 Å². The van der Waals surface area contributed by atoms with Gasteiger partial charge in [-0.25, -0.2) is 9.59 Å². The highest BCUT2D eigenvalue weighted by atomic mass is 16.4. The lowest BCUT2D eigenvalue weighted by molar-refractivity contribution is 0.0698. The van der Waals surface area contributed by atoms with Crippen molar-refractivity contribution in [1.29, 1.82) is 0 Å². The minimum absolute atomic E-state index is 0.0191. The van der Waals surface area contributed by atoms with Crippen molar-refractivity contribution in [3.63, 3.8) is 0 Å². The molecule has 0 saturated carbocycles. The number of rotatable bonds is 5. The summed E-state index contributed by atoms with van der Waals surface area (Å²) >= 11 is 0. The number of unbranched alkanes of at least 4 members (excludes halogenated alkanes) is 1. The molecule has 0 aromatic carbocycles. The lowest BCUT2D eigenvalue weighted by atomic mass is 10.2. The third-order valence-electron chi connectivity index (χ3n) is 2.12. The molecule has 0 radical (unpaired) electrons. The van der Waals surface area contributed by atoms with Crippen molar-refractivity contribution < 1.29 is 14.7 Å². The van der Waals surface area contributed by atoms with Crippen LogP contribution in [-0.2, 0) is 0 Å². The Morgan fingerprint density at radius 3 is 2.88 bits per heavy atom. The number of aromatic nitrogens is 1. The summed E-state index contributed by atoms with van der Waals surface area (Å²) in [6.45, 7) is 2.58. The molecule has 0 fully saturated rings. The number of hydrogen-bond acceptors (Lipinski definition) is 3. The number of urea groups is 1. The first-order valence-electron chi connectivity index (χ1n) is 5.37. The number of hydrogen-bond donors (Lipinski definition) is 3. The Bertz CT molecular complexity index is 407. The van der Waals surface area contributed by atoms with Crippen LogP contribution in [0, 0.1) is 0 Å². The monoisotopic (exact) mass is 237 g/mol. The summed E-state index contributed by atoms with van der Waals surface area (Å²) in [5.41, 5.74) is 0.208. The summed E-state index contributed by atoms with van der Waals surface area (Å²) in [6.07, 6.45) is 4.53. The van der Waals surface area contributed by atoms with Crippen LogP contribution in [0.15, 0.2) is 18.5 Å². The average Bonchev–Trinajstić information content (AvgIpc) is 2.29.